The molecule has 1 spiro atoms. The van der Waals surface area contributed by atoms with E-state index in [0.29, 0.717) is 0 Å². The number of hydrogen-bond acceptors (Lipinski definition) is 4. The first-order valence-electron chi connectivity index (χ1n) is 8.14. The molecule has 6 heteroatoms. The Morgan fingerprint density at radius 1 is 1.43 bits per heavy atom. The molecule has 1 unspecified atom stereocenters. The second-order valence-corrected chi connectivity index (χ2v) is 7.00. The van der Waals surface area contributed by atoms with E-state index in [1.807, 2.05) is 25.7 Å². The molecule has 1 saturated carbocycles. The molecule has 128 valence electrons. The lowest BCUT2D eigenvalue weighted by Gasteiger charge is -2.30. The van der Waals surface area contributed by atoms with Crippen molar-refractivity contribution in [1.29, 1.82) is 0 Å². The van der Waals surface area contributed by atoms with Gasteiger partial charge in [0, 0.05) is 18.5 Å². The van der Waals surface area contributed by atoms with Crippen molar-refractivity contribution in [3.8, 4) is 0 Å². The van der Waals surface area contributed by atoms with Gasteiger partial charge in [-0.2, -0.15) is 0 Å². The standard InChI is InChI=1S/C17H27N3O3/c1-6-18-12(4)13-9-17(7-8-17)10-20(13)15(21)14(11(2)3)19-16(22)23-5/h6,11,13-14H,1,7-10H2,2-5H3,(H,19,22)/t13-,14?/m0/s1. The van der Waals surface area contributed by atoms with Crippen LogP contribution in [0.1, 0.15) is 40.0 Å². The van der Waals surface area contributed by atoms with Crippen molar-refractivity contribution in [2.45, 2.75) is 52.1 Å². The third-order valence-electron chi connectivity index (χ3n) is 4.92. The summed E-state index contributed by atoms with van der Waals surface area (Å²) in [5.74, 6) is -0.0764. The molecular formula is C17H27N3O3. The number of amides is 2. The number of carbonyl (C=O) groups is 2. The Kier molecular flexibility index (Phi) is 5.12. The maximum absolute atomic E-state index is 13.0. The highest BCUT2D eigenvalue weighted by molar-refractivity contribution is 5.94. The summed E-state index contributed by atoms with van der Waals surface area (Å²) < 4.78 is 4.65. The smallest absolute Gasteiger partial charge is 0.407 e. The predicted octanol–water partition coefficient (Wildman–Crippen LogP) is 2.35. The number of alkyl carbamates (subject to hydrolysis) is 1. The zero-order chi connectivity index (χ0) is 17.2. The van der Waals surface area contributed by atoms with Crippen LogP contribution in [0.15, 0.2) is 17.8 Å². The van der Waals surface area contributed by atoms with Crippen molar-refractivity contribution < 1.29 is 14.3 Å². The van der Waals surface area contributed by atoms with E-state index in [2.05, 4.69) is 21.6 Å². The lowest BCUT2D eigenvalue weighted by atomic mass is 10.0. The van der Waals surface area contributed by atoms with Crippen molar-refractivity contribution in [3.63, 3.8) is 0 Å². The number of nitrogens with zero attached hydrogens (tertiary/aromatic N) is 2. The molecule has 0 bridgehead atoms. The van der Waals surface area contributed by atoms with Gasteiger partial charge >= 0.3 is 6.09 Å². The molecule has 2 fully saturated rings. The second kappa shape index (κ2) is 6.72. The summed E-state index contributed by atoms with van der Waals surface area (Å²) in [6, 6.07) is -0.598. The van der Waals surface area contributed by atoms with E-state index in [1.54, 1.807) is 0 Å². The molecule has 2 aliphatic rings. The van der Waals surface area contributed by atoms with Crippen molar-refractivity contribution >= 4 is 17.7 Å². The third kappa shape index (κ3) is 3.74. The highest BCUT2D eigenvalue weighted by Crippen LogP contribution is 2.55. The van der Waals surface area contributed by atoms with Crippen molar-refractivity contribution in [3.05, 3.63) is 12.8 Å². The van der Waals surface area contributed by atoms with Crippen LogP contribution in [-0.2, 0) is 9.53 Å². The Bertz CT molecular complexity index is 523. The Balaban J connectivity index is 2.21. The minimum atomic E-state index is -0.588. The first-order chi connectivity index (χ1) is 10.8. The van der Waals surface area contributed by atoms with Crippen LogP contribution in [0.4, 0.5) is 4.79 Å². The normalized spacial score (nSPS) is 23.8. The van der Waals surface area contributed by atoms with Crippen LogP contribution in [0.5, 0.6) is 0 Å². The van der Waals surface area contributed by atoms with Gasteiger partial charge in [0.15, 0.2) is 0 Å². The molecule has 1 aliphatic carbocycles. The van der Waals surface area contributed by atoms with E-state index in [4.69, 9.17) is 0 Å². The molecular weight excluding hydrogens is 294 g/mol. The fraction of sp³-hybridized carbons (Fsp3) is 0.706. The van der Waals surface area contributed by atoms with Gasteiger partial charge in [-0.25, -0.2) is 4.79 Å². The van der Waals surface area contributed by atoms with E-state index >= 15 is 0 Å². The van der Waals surface area contributed by atoms with Crippen LogP contribution in [-0.4, -0.2) is 48.4 Å². The number of hydrogen-bond donors (Lipinski definition) is 1. The van der Waals surface area contributed by atoms with Gasteiger partial charge in [-0.1, -0.05) is 20.4 Å². The molecule has 6 nitrogen and oxygen atoms in total. The monoisotopic (exact) mass is 321 g/mol. The Labute approximate surface area is 138 Å². The fourth-order valence-corrected chi connectivity index (χ4v) is 3.31. The highest BCUT2D eigenvalue weighted by Gasteiger charge is 2.54. The number of rotatable bonds is 5. The second-order valence-electron chi connectivity index (χ2n) is 7.00. The molecule has 0 aromatic heterocycles. The third-order valence-corrected chi connectivity index (χ3v) is 4.92. The van der Waals surface area contributed by atoms with Gasteiger partial charge in [0.2, 0.25) is 5.91 Å². The molecule has 2 atom stereocenters. The summed E-state index contributed by atoms with van der Waals surface area (Å²) in [7, 11) is 1.30. The zero-order valence-electron chi connectivity index (χ0n) is 14.5. The topological polar surface area (TPSA) is 71.0 Å². The van der Waals surface area contributed by atoms with E-state index < -0.39 is 12.1 Å². The zero-order valence-corrected chi connectivity index (χ0v) is 14.5. The minimum Gasteiger partial charge on any atom is -0.453 e. The predicted molar refractivity (Wildman–Crippen MR) is 89.3 cm³/mol. The Morgan fingerprint density at radius 3 is 2.57 bits per heavy atom. The van der Waals surface area contributed by atoms with Gasteiger partial charge in [0.25, 0.3) is 0 Å². The van der Waals surface area contributed by atoms with Crippen molar-refractivity contribution in [2.75, 3.05) is 13.7 Å². The average molecular weight is 321 g/mol. The summed E-state index contributed by atoms with van der Waals surface area (Å²) in [5.41, 5.74) is 1.16. The molecule has 1 N–H and O–H groups in total. The van der Waals surface area contributed by atoms with Crippen LogP contribution < -0.4 is 5.32 Å². The number of aliphatic imine (C=N–C) groups is 1. The molecule has 1 heterocycles. The maximum Gasteiger partial charge on any atom is 0.407 e. The van der Waals surface area contributed by atoms with Gasteiger partial charge in [-0.3, -0.25) is 9.79 Å². The number of nitrogens with one attached hydrogen (secondary N) is 1. The lowest BCUT2D eigenvalue weighted by molar-refractivity contribution is -0.134. The first kappa shape index (κ1) is 17.5. The Morgan fingerprint density at radius 2 is 2.09 bits per heavy atom. The Hall–Kier alpha value is -1.85. The summed E-state index contributed by atoms with van der Waals surface area (Å²) >= 11 is 0. The van der Waals surface area contributed by atoms with Gasteiger partial charge in [-0.05, 0) is 37.5 Å². The van der Waals surface area contributed by atoms with Gasteiger partial charge < -0.3 is 15.0 Å². The fourth-order valence-electron chi connectivity index (χ4n) is 3.31. The number of likely N-dealkylation sites (tertiary alicyclic amines) is 1. The van der Waals surface area contributed by atoms with Gasteiger partial charge in [-0.15, -0.1) is 0 Å². The van der Waals surface area contributed by atoms with Crippen molar-refractivity contribution in [2.24, 2.45) is 16.3 Å². The number of methoxy groups -OCH3 is 1. The van der Waals surface area contributed by atoms with Crippen LogP contribution in [0.3, 0.4) is 0 Å². The first-order valence-corrected chi connectivity index (χ1v) is 8.14. The largest absolute Gasteiger partial charge is 0.453 e. The lowest BCUT2D eigenvalue weighted by Crippen LogP contribution is -2.53. The molecule has 0 aromatic rings. The van der Waals surface area contributed by atoms with E-state index in [0.717, 1.165) is 31.5 Å². The van der Waals surface area contributed by atoms with E-state index in [9.17, 15) is 9.59 Å². The molecule has 23 heavy (non-hydrogen) atoms. The quantitative estimate of drug-likeness (QED) is 0.790. The van der Waals surface area contributed by atoms with E-state index in [-0.39, 0.29) is 23.3 Å². The molecule has 0 aromatic carbocycles. The highest BCUT2D eigenvalue weighted by atomic mass is 16.5. The van der Waals surface area contributed by atoms with Crippen LogP contribution in [0.2, 0.25) is 0 Å². The van der Waals surface area contributed by atoms with Crippen LogP contribution in [0.25, 0.3) is 0 Å². The molecule has 1 aliphatic heterocycles. The van der Waals surface area contributed by atoms with Crippen LogP contribution >= 0.6 is 0 Å². The SMILES string of the molecule is C=CN=C(C)[C@@H]1CC2(CC2)CN1C(=O)C(NC(=O)OC)C(C)C. The molecule has 1 saturated heterocycles. The summed E-state index contributed by atoms with van der Waals surface area (Å²) in [5, 5.41) is 2.67. The molecule has 0 radical (unpaired) electrons. The van der Waals surface area contributed by atoms with E-state index in [1.165, 1.54) is 13.3 Å². The maximum atomic E-state index is 13.0. The van der Waals surface area contributed by atoms with Crippen LogP contribution in [0, 0.1) is 11.3 Å². The number of ether oxygens (including phenoxy) is 1. The van der Waals surface area contributed by atoms with Crippen molar-refractivity contribution in [1.82, 2.24) is 10.2 Å². The summed E-state index contributed by atoms with van der Waals surface area (Å²) in [6.07, 6.45) is 4.20. The molecule has 2 rings (SSSR count). The molecule has 2 amide bonds. The van der Waals surface area contributed by atoms with Gasteiger partial charge in [0.05, 0.1) is 13.2 Å². The average Bonchev–Trinajstić information content (AvgIpc) is 3.14. The summed E-state index contributed by atoms with van der Waals surface area (Å²) in [6.45, 7) is 10.2. The summed E-state index contributed by atoms with van der Waals surface area (Å²) in [4.78, 5) is 30.8. The van der Waals surface area contributed by atoms with Gasteiger partial charge in [0.1, 0.15) is 6.04 Å². The minimum absolute atomic E-state index is 0.0105. The number of carbonyl (C=O) groups excluding carboxylic acids is 2.